The van der Waals surface area contributed by atoms with Gasteiger partial charge < -0.3 is 10.1 Å². The van der Waals surface area contributed by atoms with Crippen molar-refractivity contribution in [2.75, 3.05) is 13.2 Å². The molecule has 1 aromatic heterocycles. The topological polar surface area (TPSA) is 21.3 Å². The molecule has 2 nitrogen and oxygen atoms in total. The van der Waals surface area contributed by atoms with Crippen molar-refractivity contribution in [3.05, 3.63) is 21.4 Å². The van der Waals surface area contributed by atoms with Gasteiger partial charge in [-0.2, -0.15) is 0 Å². The van der Waals surface area contributed by atoms with E-state index in [0.29, 0.717) is 12.0 Å². The van der Waals surface area contributed by atoms with Crippen LogP contribution in [-0.4, -0.2) is 19.3 Å². The van der Waals surface area contributed by atoms with E-state index in [-0.39, 0.29) is 0 Å². The van der Waals surface area contributed by atoms with Crippen LogP contribution in [0.4, 0.5) is 0 Å². The third-order valence-corrected chi connectivity index (χ3v) is 4.01. The Balaban J connectivity index is 2.48. The number of rotatable bonds is 7. The van der Waals surface area contributed by atoms with E-state index in [0.717, 1.165) is 19.8 Å². The molecule has 1 aromatic rings. The molecule has 0 spiro atoms. The summed E-state index contributed by atoms with van der Waals surface area (Å²) in [5.74, 6) is 0.599. The second kappa shape index (κ2) is 7.14. The zero-order chi connectivity index (χ0) is 12.8. The first-order valence-corrected chi connectivity index (χ1v) is 7.23. The molecule has 0 aliphatic rings. The van der Waals surface area contributed by atoms with Gasteiger partial charge in [0.2, 0.25) is 0 Å². The van der Waals surface area contributed by atoms with Crippen LogP contribution in [0.3, 0.4) is 0 Å². The molecule has 0 bridgehead atoms. The maximum atomic E-state index is 5.52. The van der Waals surface area contributed by atoms with Gasteiger partial charge in [-0.15, -0.1) is 11.3 Å². The zero-order valence-electron chi connectivity index (χ0n) is 11.7. The lowest BCUT2D eigenvalue weighted by Gasteiger charge is -2.22. The molecule has 0 aliphatic heterocycles. The maximum Gasteiger partial charge on any atom is 0.0622 e. The van der Waals surface area contributed by atoms with Crippen LogP contribution in [-0.2, 0) is 11.3 Å². The predicted molar refractivity (Wildman–Crippen MR) is 75.8 cm³/mol. The summed E-state index contributed by atoms with van der Waals surface area (Å²) in [5, 5.41) is 3.61. The second-order valence-corrected chi connectivity index (χ2v) is 6.29. The summed E-state index contributed by atoms with van der Waals surface area (Å²) in [6.07, 6.45) is 0. The predicted octanol–water partition coefficient (Wildman–Crippen LogP) is 3.52. The third kappa shape index (κ3) is 4.78. The first-order chi connectivity index (χ1) is 8.04. The zero-order valence-corrected chi connectivity index (χ0v) is 12.5. The van der Waals surface area contributed by atoms with Crippen LogP contribution in [0.5, 0.6) is 0 Å². The van der Waals surface area contributed by atoms with Gasteiger partial charge in [0, 0.05) is 28.9 Å². The highest BCUT2D eigenvalue weighted by Crippen LogP contribution is 2.20. The number of ether oxygens (including phenoxy) is 1. The SMILES string of the molecule is CCOCC(NCc1cc(C)sc1C)C(C)C. The Morgan fingerprint density at radius 3 is 2.53 bits per heavy atom. The molecule has 0 aliphatic carbocycles. The van der Waals surface area contributed by atoms with E-state index >= 15 is 0 Å². The average Bonchev–Trinajstić information content (AvgIpc) is 2.57. The van der Waals surface area contributed by atoms with E-state index < -0.39 is 0 Å². The molecule has 17 heavy (non-hydrogen) atoms. The van der Waals surface area contributed by atoms with Gasteiger partial charge in [0.05, 0.1) is 6.61 Å². The molecule has 1 N–H and O–H groups in total. The molecular formula is C14H25NOS. The Hall–Kier alpha value is -0.380. The van der Waals surface area contributed by atoms with Gasteiger partial charge >= 0.3 is 0 Å². The van der Waals surface area contributed by atoms with E-state index in [9.17, 15) is 0 Å². The number of nitrogens with one attached hydrogen (secondary N) is 1. The lowest BCUT2D eigenvalue weighted by molar-refractivity contribution is 0.108. The summed E-state index contributed by atoms with van der Waals surface area (Å²) >= 11 is 1.88. The lowest BCUT2D eigenvalue weighted by atomic mass is 10.1. The summed E-state index contributed by atoms with van der Waals surface area (Å²) in [6.45, 7) is 13.4. The highest BCUT2D eigenvalue weighted by molar-refractivity contribution is 7.12. The van der Waals surface area contributed by atoms with Crippen molar-refractivity contribution in [3.63, 3.8) is 0 Å². The number of hydrogen-bond donors (Lipinski definition) is 1. The standard InChI is InChI=1S/C14H25NOS/c1-6-16-9-14(10(2)3)15-8-13-7-11(4)17-12(13)5/h7,10,14-15H,6,8-9H2,1-5H3. The summed E-state index contributed by atoms with van der Waals surface area (Å²) in [4.78, 5) is 2.82. The number of aryl methyl sites for hydroxylation is 2. The van der Waals surface area contributed by atoms with Crippen molar-refractivity contribution in [3.8, 4) is 0 Å². The third-order valence-electron chi connectivity index (χ3n) is 3.00. The average molecular weight is 255 g/mol. The van der Waals surface area contributed by atoms with Crippen LogP contribution in [0.1, 0.15) is 36.1 Å². The first kappa shape index (κ1) is 14.7. The minimum atomic E-state index is 0.439. The minimum absolute atomic E-state index is 0.439. The van der Waals surface area contributed by atoms with Crippen LogP contribution >= 0.6 is 11.3 Å². The Kier molecular flexibility index (Phi) is 6.17. The number of hydrogen-bond acceptors (Lipinski definition) is 3. The largest absolute Gasteiger partial charge is 0.380 e. The van der Waals surface area contributed by atoms with Crippen LogP contribution in [0.2, 0.25) is 0 Å². The quantitative estimate of drug-likeness (QED) is 0.805. The van der Waals surface area contributed by atoms with Gasteiger partial charge in [-0.25, -0.2) is 0 Å². The molecular weight excluding hydrogens is 230 g/mol. The van der Waals surface area contributed by atoms with Crippen LogP contribution in [0.15, 0.2) is 6.07 Å². The smallest absolute Gasteiger partial charge is 0.0622 e. The van der Waals surface area contributed by atoms with E-state index in [4.69, 9.17) is 4.74 Å². The molecule has 0 radical (unpaired) electrons. The lowest BCUT2D eigenvalue weighted by Crippen LogP contribution is -2.37. The molecule has 1 unspecified atom stereocenters. The fourth-order valence-corrected chi connectivity index (χ4v) is 2.78. The summed E-state index contributed by atoms with van der Waals surface area (Å²) in [6, 6.07) is 2.72. The Morgan fingerprint density at radius 1 is 1.35 bits per heavy atom. The molecule has 98 valence electrons. The summed E-state index contributed by atoms with van der Waals surface area (Å²) < 4.78 is 5.52. The monoisotopic (exact) mass is 255 g/mol. The molecule has 0 saturated heterocycles. The first-order valence-electron chi connectivity index (χ1n) is 6.41. The molecule has 3 heteroatoms. The van der Waals surface area contributed by atoms with Gasteiger partial charge in [0.15, 0.2) is 0 Å². The van der Waals surface area contributed by atoms with E-state index in [1.54, 1.807) is 0 Å². The summed E-state index contributed by atoms with van der Waals surface area (Å²) in [5.41, 5.74) is 1.43. The molecule has 1 heterocycles. The van der Waals surface area contributed by atoms with Crippen molar-refractivity contribution in [1.29, 1.82) is 0 Å². The summed E-state index contributed by atoms with van der Waals surface area (Å²) in [7, 11) is 0. The molecule has 1 rings (SSSR count). The van der Waals surface area contributed by atoms with Gasteiger partial charge in [0.25, 0.3) is 0 Å². The van der Waals surface area contributed by atoms with Crippen LogP contribution < -0.4 is 5.32 Å². The van der Waals surface area contributed by atoms with Crippen molar-refractivity contribution < 1.29 is 4.74 Å². The minimum Gasteiger partial charge on any atom is -0.380 e. The second-order valence-electron chi connectivity index (χ2n) is 4.83. The Morgan fingerprint density at radius 2 is 2.06 bits per heavy atom. The highest BCUT2D eigenvalue weighted by atomic mass is 32.1. The fourth-order valence-electron chi connectivity index (χ4n) is 1.83. The normalized spacial score (nSPS) is 13.3. The molecule has 0 saturated carbocycles. The van der Waals surface area contributed by atoms with Crippen LogP contribution in [0, 0.1) is 19.8 Å². The Bertz CT molecular complexity index is 333. The van der Waals surface area contributed by atoms with E-state index in [2.05, 4.69) is 39.1 Å². The van der Waals surface area contributed by atoms with Crippen molar-refractivity contribution in [2.24, 2.45) is 5.92 Å². The van der Waals surface area contributed by atoms with E-state index in [1.807, 2.05) is 18.3 Å². The van der Waals surface area contributed by atoms with Crippen molar-refractivity contribution in [2.45, 2.75) is 47.2 Å². The Labute approximate surface area is 109 Å². The fraction of sp³-hybridized carbons (Fsp3) is 0.714. The molecule has 0 fully saturated rings. The van der Waals surface area contributed by atoms with Crippen molar-refractivity contribution >= 4 is 11.3 Å². The molecule has 0 amide bonds. The molecule has 0 aromatic carbocycles. The van der Waals surface area contributed by atoms with E-state index in [1.165, 1.54) is 15.3 Å². The van der Waals surface area contributed by atoms with Gasteiger partial charge in [0.1, 0.15) is 0 Å². The van der Waals surface area contributed by atoms with Gasteiger partial charge in [-0.1, -0.05) is 13.8 Å². The van der Waals surface area contributed by atoms with Crippen molar-refractivity contribution in [1.82, 2.24) is 5.32 Å². The van der Waals surface area contributed by atoms with Gasteiger partial charge in [-0.3, -0.25) is 0 Å². The van der Waals surface area contributed by atoms with Crippen LogP contribution in [0.25, 0.3) is 0 Å². The maximum absolute atomic E-state index is 5.52. The molecule has 1 atom stereocenters. The number of thiophene rings is 1. The van der Waals surface area contributed by atoms with Gasteiger partial charge in [-0.05, 0) is 38.3 Å². The highest BCUT2D eigenvalue weighted by Gasteiger charge is 2.13.